The molecular formula is C11H17N3O2S. The summed E-state index contributed by atoms with van der Waals surface area (Å²) in [6, 6.07) is 1.94. The Morgan fingerprint density at radius 3 is 2.88 bits per heavy atom. The van der Waals surface area contributed by atoms with Gasteiger partial charge >= 0.3 is 0 Å². The van der Waals surface area contributed by atoms with E-state index in [9.17, 15) is 4.79 Å². The first-order valence-corrected chi connectivity index (χ1v) is 6.26. The van der Waals surface area contributed by atoms with Gasteiger partial charge in [0.15, 0.2) is 5.84 Å². The van der Waals surface area contributed by atoms with Gasteiger partial charge in [0.25, 0.3) is 0 Å². The lowest BCUT2D eigenvalue weighted by Crippen LogP contribution is -2.47. The molecule has 5 nitrogen and oxygen atoms in total. The van der Waals surface area contributed by atoms with Gasteiger partial charge in [-0.15, -0.1) is 0 Å². The second-order valence-corrected chi connectivity index (χ2v) is 4.77. The number of carbonyl (C=O) groups excluding carboxylic acids is 1. The zero-order valence-electron chi connectivity index (χ0n) is 9.93. The van der Waals surface area contributed by atoms with Crippen molar-refractivity contribution in [1.29, 1.82) is 0 Å². The molecule has 1 aromatic heterocycles. The van der Waals surface area contributed by atoms with E-state index < -0.39 is 5.41 Å². The zero-order valence-corrected chi connectivity index (χ0v) is 10.8. The van der Waals surface area contributed by atoms with E-state index in [1.165, 1.54) is 0 Å². The molecule has 0 aliphatic carbocycles. The van der Waals surface area contributed by atoms with Crippen LogP contribution in [0.3, 0.4) is 0 Å². The van der Waals surface area contributed by atoms with Gasteiger partial charge in [0.05, 0.1) is 0 Å². The molecule has 1 unspecified atom stereocenters. The van der Waals surface area contributed by atoms with E-state index >= 15 is 0 Å². The lowest BCUT2D eigenvalue weighted by Gasteiger charge is -2.25. The Labute approximate surface area is 104 Å². The van der Waals surface area contributed by atoms with Crippen LogP contribution in [0.2, 0.25) is 0 Å². The van der Waals surface area contributed by atoms with Crippen LogP contribution < -0.4 is 11.1 Å². The first-order chi connectivity index (χ1) is 8.04. The van der Waals surface area contributed by atoms with Crippen LogP contribution in [0, 0.1) is 5.41 Å². The number of rotatable bonds is 5. The van der Waals surface area contributed by atoms with E-state index in [1.54, 1.807) is 18.3 Å². The topological polar surface area (TPSA) is 87.7 Å². The van der Waals surface area contributed by atoms with Crippen LogP contribution in [-0.2, 0) is 11.3 Å². The van der Waals surface area contributed by atoms with Gasteiger partial charge in [-0.25, -0.2) is 0 Å². The summed E-state index contributed by atoms with van der Waals surface area (Å²) in [6.07, 6.45) is 0.471. The standard InChI is InChI=1S/C11H17N3O2S/c1-3-11(2,9(12)14-16)10(15)13-6-8-4-5-17-7-8/h4-5,7,16H,3,6H2,1-2H3,(H2,12,14)(H,13,15). The average molecular weight is 255 g/mol. The summed E-state index contributed by atoms with van der Waals surface area (Å²) in [4.78, 5) is 12.0. The minimum Gasteiger partial charge on any atom is -0.409 e. The molecule has 6 heteroatoms. The zero-order chi connectivity index (χ0) is 12.9. The molecule has 0 saturated carbocycles. The maximum Gasteiger partial charge on any atom is 0.233 e. The van der Waals surface area contributed by atoms with Crippen molar-refractivity contribution in [1.82, 2.24) is 5.32 Å². The highest BCUT2D eigenvalue weighted by atomic mass is 32.1. The number of thiophene rings is 1. The molecule has 0 aliphatic rings. The lowest BCUT2D eigenvalue weighted by atomic mass is 9.85. The van der Waals surface area contributed by atoms with Gasteiger partial charge in [0.2, 0.25) is 5.91 Å². The van der Waals surface area contributed by atoms with Crippen molar-refractivity contribution >= 4 is 23.1 Å². The third kappa shape index (κ3) is 2.97. The summed E-state index contributed by atoms with van der Waals surface area (Å²) in [5, 5.41) is 18.3. The van der Waals surface area contributed by atoms with E-state index in [-0.39, 0.29) is 11.7 Å². The molecule has 0 bridgehead atoms. The fraction of sp³-hybridized carbons (Fsp3) is 0.455. The molecule has 0 aliphatic heterocycles. The SMILES string of the molecule is CCC(C)(C(=O)NCc1ccsc1)/C(N)=N/O. The van der Waals surface area contributed by atoms with Gasteiger partial charge < -0.3 is 16.3 Å². The van der Waals surface area contributed by atoms with Gasteiger partial charge in [-0.3, -0.25) is 4.79 Å². The van der Waals surface area contributed by atoms with Crippen molar-refractivity contribution in [3.63, 3.8) is 0 Å². The number of nitrogens with one attached hydrogen (secondary N) is 1. The second-order valence-electron chi connectivity index (χ2n) is 3.99. The molecule has 0 saturated heterocycles. The molecule has 0 radical (unpaired) electrons. The van der Waals surface area contributed by atoms with Crippen molar-refractivity contribution in [2.45, 2.75) is 26.8 Å². The molecule has 4 N–H and O–H groups in total. The van der Waals surface area contributed by atoms with Crippen molar-refractivity contribution in [2.24, 2.45) is 16.3 Å². The van der Waals surface area contributed by atoms with Gasteiger partial charge in [0.1, 0.15) is 5.41 Å². The number of nitrogens with two attached hydrogens (primary N) is 1. The minimum atomic E-state index is -0.967. The predicted octanol–water partition coefficient (Wildman–Crippen LogP) is 1.53. The lowest BCUT2D eigenvalue weighted by molar-refractivity contribution is -0.127. The normalized spacial score (nSPS) is 15.3. The number of oxime groups is 1. The minimum absolute atomic E-state index is 0.0668. The third-order valence-corrected chi connectivity index (χ3v) is 3.65. The average Bonchev–Trinajstić information content (AvgIpc) is 2.86. The highest BCUT2D eigenvalue weighted by Crippen LogP contribution is 2.21. The summed E-state index contributed by atoms with van der Waals surface area (Å²) < 4.78 is 0. The van der Waals surface area contributed by atoms with Gasteiger partial charge in [-0.05, 0) is 35.7 Å². The maximum absolute atomic E-state index is 12.0. The summed E-state index contributed by atoms with van der Waals surface area (Å²) >= 11 is 1.58. The predicted molar refractivity (Wildman–Crippen MR) is 68.0 cm³/mol. The number of amides is 1. The van der Waals surface area contributed by atoms with Gasteiger partial charge in [-0.1, -0.05) is 12.1 Å². The Kier molecular flexibility index (Phi) is 4.51. The smallest absolute Gasteiger partial charge is 0.233 e. The Morgan fingerprint density at radius 1 is 1.71 bits per heavy atom. The summed E-state index contributed by atoms with van der Waals surface area (Å²) in [6.45, 7) is 3.93. The quantitative estimate of drug-likeness (QED) is 0.323. The Balaban J connectivity index is 2.67. The van der Waals surface area contributed by atoms with Crippen molar-refractivity contribution in [2.75, 3.05) is 0 Å². The largest absolute Gasteiger partial charge is 0.409 e. The number of nitrogens with zero attached hydrogens (tertiary/aromatic N) is 1. The molecule has 1 heterocycles. The molecule has 1 aromatic rings. The fourth-order valence-electron chi connectivity index (χ4n) is 1.34. The van der Waals surface area contributed by atoms with E-state index in [1.807, 2.05) is 23.8 Å². The number of hydrogen-bond donors (Lipinski definition) is 3. The van der Waals surface area contributed by atoms with Crippen LogP contribution in [0.15, 0.2) is 22.0 Å². The van der Waals surface area contributed by atoms with Crippen molar-refractivity contribution < 1.29 is 10.0 Å². The maximum atomic E-state index is 12.0. The molecule has 0 fully saturated rings. The molecule has 1 rings (SSSR count). The van der Waals surface area contributed by atoms with Crippen LogP contribution in [-0.4, -0.2) is 17.0 Å². The first-order valence-electron chi connectivity index (χ1n) is 5.32. The first kappa shape index (κ1) is 13.5. The monoisotopic (exact) mass is 255 g/mol. The molecule has 94 valence electrons. The highest BCUT2D eigenvalue weighted by Gasteiger charge is 2.36. The molecule has 1 atom stereocenters. The van der Waals surface area contributed by atoms with E-state index in [4.69, 9.17) is 10.9 Å². The van der Waals surface area contributed by atoms with Crippen molar-refractivity contribution in [3.8, 4) is 0 Å². The summed E-state index contributed by atoms with van der Waals surface area (Å²) in [7, 11) is 0. The molecular weight excluding hydrogens is 238 g/mol. The van der Waals surface area contributed by atoms with E-state index in [0.29, 0.717) is 13.0 Å². The Morgan fingerprint density at radius 2 is 2.41 bits per heavy atom. The molecule has 0 spiro atoms. The van der Waals surface area contributed by atoms with Crippen LogP contribution >= 0.6 is 11.3 Å². The molecule has 0 aromatic carbocycles. The Hall–Kier alpha value is -1.56. The van der Waals surface area contributed by atoms with Crippen LogP contribution in [0.5, 0.6) is 0 Å². The van der Waals surface area contributed by atoms with Crippen LogP contribution in [0.25, 0.3) is 0 Å². The van der Waals surface area contributed by atoms with Crippen LogP contribution in [0.4, 0.5) is 0 Å². The number of hydrogen-bond acceptors (Lipinski definition) is 4. The van der Waals surface area contributed by atoms with Crippen LogP contribution in [0.1, 0.15) is 25.8 Å². The third-order valence-electron chi connectivity index (χ3n) is 2.91. The van der Waals surface area contributed by atoms with E-state index in [0.717, 1.165) is 5.56 Å². The summed E-state index contributed by atoms with van der Waals surface area (Å²) in [5.41, 5.74) is 5.63. The van der Waals surface area contributed by atoms with Gasteiger partial charge in [0, 0.05) is 6.54 Å². The number of carbonyl (C=O) groups is 1. The molecule has 1 amide bonds. The fourth-order valence-corrected chi connectivity index (χ4v) is 2.01. The second kappa shape index (κ2) is 5.67. The van der Waals surface area contributed by atoms with Gasteiger partial charge in [-0.2, -0.15) is 11.3 Å². The van der Waals surface area contributed by atoms with Crippen molar-refractivity contribution in [3.05, 3.63) is 22.4 Å². The molecule has 17 heavy (non-hydrogen) atoms. The van der Waals surface area contributed by atoms with E-state index in [2.05, 4.69) is 10.5 Å². The number of amidine groups is 1. The Bertz CT molecular complexity index is 403. The highest BCUT2D eigenvalue weighted by molar-refractivity contribution is 7.07. The summed E-state index contributed by atoms with van der Waals surface area (Å²) in [5.74, 6) is -0.302.